The minimum absolute atomic E-state index is 0.137. The minimum atomic E-state index is -1.17. The Morgan fingerprint density at radius 1 is 1.07 bits per heavy atom. The van der Waals surface area contributed by atoms with Gasteiger partial charge in [-0.05, 0) is 49.8 Å². The number of hydrogen-bond donors (Lipinski definition) is 4. The highest BCUT2D eigenvalue weighted by atomic mass is 35.5. The van der Waals surface area contributed by atoms with Crippen LogP contribution in [0.25, 0.3) is 0 Å². The normalized spacial score (nSPS) is 18.0. The van der Waals surface area contributed by atoms with E-state index in [4.69, 9.17) is 16.7 Å². The lowest BCUT2D eigenvalue weighted by Gasteiger charge is -2.29. The van der Waals surface area contributed by atoms with Crippen molar-refractivity contribution in [3.8, 4) is 0 Å². The quantitative estimate of drug-likeness (QED) is 0.406. The maximum Gasteiger partial charge on any atom is 0.326 e. The zero-order chi connectivity index (χ0) is 22.3. The maximum atomic E-state index is 12.9. The number of aryl methyl sites for hydroxylation is 1. The molecule has 4 N–H and O–H groups in total. The van der Waals surface area contributed by atoms with Crippen molar-refractivity contribution in [2.45, 2.75) is 56.7 Å². The average Bonchev–Trinajstić information content (AvgIpc) is 3.18. The fourth-order valence-electron chi connectivity index (χ4n) is 3.52. The number of halogens is 1. The van der Waals surface area contributed by atoms with Crippen molar-refractivity contribution < 1.29 is 34.5 Å². The van der Waals surface area contributed by atoms with Gasteiger partial charge in [0.1, 0.15) is 12.1 Å². The molecule has 3 atom stereocenters. The predicted molar refractivity (Wildman–Crippen MR) is 107 cm³/mol. The van der Waals surface area contributed by atoms with Gasteiger partial charge in [0, 0.05) is 18.0 Å². The topological polar surface area (TPSA) is 144 Å². The van der Waals surface area contributed by atoms with E-state index in [-0.39, 0.29) is 25.8 Å². The molecule has 1 heterocycles. The van der Waals surface area contributed by atoms with Gasteiger partial charge >= 0.3 is 17.9 Å². The first kappa shape index (κ1) is 23.6. The summed E-state index contributed by atoms with van der Waals surface area (Å²) in [5.41, 5.74) is 0.867. The van der Waals surface area contributed by atoms with Crippen molar-refractivity contribution in [3.05, 3.63) is 34.9 Å². The number of aliphatic carboxylic acids is 3. The highest BCUT2D eigenvalue weighted by Gasteiger charge is 2.38. The van der Waals surface area contributed by atoms with Crippen molar-refractivity contribution in [1.29, 1.82) is 0 Å². The zero-order valence-electron chi connectivity index (χ0n) is 16.3. The molecule has 0 aromatic heterocycles. The first-order valence-electron chi connectivity index (χ1n) is 9.67. The van der Waals surface area contributed by atoms with E-state index in [2.05, 4.69) is 5.32 Å². The smallest absolute Gasteiger partial charge is 0.326 e. The Hall–Kier alpha value is -2.65. The van der Waals surface area contributed by atoms with Gasteiger partial charge in [0.15, 0.2) is 0 Å². The van der Waals surface area contributed by atoms with E-state index in [1.165, 1.54) is 4.90 Å². The Morgan fingerprint density at radius 2 is 1.73 bits per heavy atom. The van der Waals surface area contributed by atoms with Gasteiger partial charge < -0.3 is 20.2 Å². The van der Waals surface area contributed by atoms with Gasteiger partial charge in [-0.1, -0.05) is 23.7 Å². The molecule has 1 unspecified atom stereocenters. The lowest BCUT2D eigenvalue weighted by Crippen LogP contribution is -2.54. The maximum absolute atomic E-state index is 12.9. The Morgan fingerprint density at radius 3 is 2.30 bits per heavy atom. The Kier molecular flexibility index (Phi) is 8.61. The summed E-state index contributed by atoms with van der Waals surface area (Å²) in [6.45, 7) is 0.240. The van der Waals surface area contributed by atoms with Crippen molar-refractivity contribution in [3.63, 3.8) is 0 Å². The van der Waals surface area contributed by atoms with Crippen LogP contribution in [0.2, 0.25) is 5.02 Å². The molecular formula is C20H25ClN2O7. The van der Waals surface area contributed by atoms with Crippen LogP contribution in [0.1, 0.15) is 37.7 Å². The molecule has 1 saturated heterocycles. The molecule has 0 bridgehead atoms. The Balaban J connectivity index is 2.11. The van der Waals surface area contributed by atoms with Gasteiger partial charge in [-0.15, -0.1) is 0 Å². The predicted octanol–water partition coefficient (Wildman–Crippen LogP) is 1.62. The summed E-state index contributed by atoms with van der Waals surface area (Å²) in [5.74, 6) is -4.01. The summed E-state index contributed by atoms with van der Waals surface area (Å²) < 4.78 is 0. The second kappa shape index (κ2) is 10.9. The highest BCUT2D eigenvalue weighted by Crippen LogP contribution is 2.20. The monoisotopic (exact) mass is 440 g/mol. The summed E-state index contributed by atoms with van der Waals surface area (Å²) in [5, 5.41) is 31.2. The number of carboxylic acid groups (broad SMARTS) is 3. The number of hydrogen-bond acceptors (Lipinski definition) is 5. The molecule has 1 aliphatic rings. The summed E-state index contributed by atoms with van der Waals surface area (Å²) in [4.78, 5) is 48.3. The van der Waals surface area contributed by atoms with E-state index in [1.807, 2.05) is 0 Å². The van der Waals surface area contributed by atoms with E-state index < -0.39 is 41.9 Å². The number of amides is 1. The molecule has 1 fully saturated rings. The van der Waals surface area contributed by atoms with Crippen LogP contribution in [0.3, 0.4) is 0 Å². The molecule has 30 heavy (non-hydrogen) atoms. The van der Waals surface area contributed by atoms with Gasteiger partial charge in [-0.3, -0.25) is 19.7 Å². The van der Waals surface area contributed by atoms with E-state index in [0.29, 0.717) is 24.3 Å². The summed E-state index contributed by atoms with van der Waals surface area (Å²) >= 11 is 5.85. The van der Waals surface area contributed by atoms with Gasteiger partial charge in [-0.25, -0.2) is 4.79 Å². The van der Waals surface area contributed by atoms with Crippen LogP contribution in [-0.4, -0.2) is 68.7 Å². The summed E-state index contributed by atoms with van der Waals surface area (Å²) in [6.07, 6.45) is 0.914. The highest BCUT2D eigenvalue weighted by molar-refractivity contribution is 6.30. The van der Waals surface area contributed by atoms with E-state index in [1.54, 1.807) is 24.3 Å². The number of rotatable bonds is 11. The Bertz CT molecular complexity index is 784. The van der Waals surface area contributed by atoms with Gasteiger partial charge in [0.2, 0.25) is 5.91 Å². The number of carboxylic acids is 3. The van der Waals surface area contributed by atoms with Crippen LogP contribution < -0.4 is 5.32 Å². The summed E-state index contributed by atoms with van der Waals surface area (Å²) in [6, 6.07) is 3.74. The first-order chi connectivity index (χ1) is 14.2. The second-order valence-electron chi connectivity index (χ2n) is 7.24. The lowest BCUT2D eigenvalue weighted by atomic mass is 10.0. The molecule has 0 radical (unpaired) electrons. The number of benzene rings is 1. The Labute approximate surface area is 178 Å². The second-order valence-corrected chi connectivity index (χ2v) is 7.67. The third-order valence-electron chi connectivity index (χ3n) is 5.10. The average molecular weight is 441 g/mol. The van der Waals surface area contributed by atoms with Crippen LogP contribution in [0.4, 0.5) is 0 Å². The van der Waals surface area contributed by atoms with E-state index in [9.17, 15) is 29.4 Å². The third kappa shape index (κ3) is 6.70. The van der Waals surface area contributed by atoms with Crippen molar-refractivity contribution in [2.75, 3.05) is 6.54 Å². The molecule has 1 aromatic rings. The van der Waals surface area contributed by atoms with Gasteiger partial charge in [-0.2, -0.15) is 0 Å². The number of nitrogens with one attached hydrogen (secondary N) is 1. The molecule has 2 rings (SSSR count). The molecule has 9 nitrogen and oxygen atoms in total. The van der Waals surface area contributed by atoms with Crippen LogP contribution in [0.5, 0.6) is 0 Å². The lowest BCUT2D eigenvalue weighted by molar-refractivity contribution is -0.150. The van der Waals surface area contributed by atoms with Crippen molar-refractivity contribution in [2.24, 2.45) is 0 Å². The standard InChI is InChI=1S/C20H25ClN2O7/c21-13-6-3-12(4-7-13)5-8-15(19(27)28)22-14(9-10-17(24)25)18(26)23-11-1-2-16(23)20(29)30/h3-4,6-7,14-16,22H,1-2,5,8-11H2,(H,24,25)(H,27,28)(H,29,30)/t14-,15?,16-/m0/s1. The fraction of sp³-hybridized carbons (Fsp3) is 0.500. The minimum Gasteiger partial charge on any atom is -0.481 e. The van der Waals surface area contributed by atoms with Gasteiger partial charge in [0.05, 0.1) is 6.04 Å². The number of carbonyl (C=O) groups is 4. The van der Waals surface area contributed by atoms with Crippen molar-refractivity contribution >= 4 is 35.4 Å². The zero-order valence-corrected chi connectivity index (χ0v) is 17.0. The van der Waals surface area contributed by atoms with Crippen LogP contribution in [0, 0.1) is 0 Å². The molecular weight excluding hydrogens is 416 g/mol. The van der Waals surface area contributed by atoms with E-state index in [0.717, 1.165) is 5.56 Å². The molecule has 1 aromatic carbocycles. The van der Waals surface area contributed by atoms with Crippen molar-refractivity contribution in [1.82, 2.24) is 10.2 Å². The third-order valence-corrected chi connectivity index (χ3v) is 5.35. The number of nitrogens with zero attached hydrogens (tertiary/aromatic N) is 1. The van der Waals surface area contributed by atoms with E-state index >= 15 is 0 Å². The largest absolute Gasteiger partial charge is 0.481 e. The van der Waals surface area contributed by atoms with Gasteiger partial charge in [0.25, 0.3) is 0 Å². The molecule has 164 valence electrons. The molecule has 1 aliphatic heterocycles. The molecule has 0 saturated carbocycles. The molecule has 10 heteroatoms. The molecule has 0 spiro atoms. The molecule has 0 aliphatic carbocycles. The SMILES string of the molecule is O=C(O)CC[C@H](NC(CCc1ccc(Cl)cc1)C(=O)O)C(=O)N1CCC[C@H]1C(=O)O. The number of likely N-dealkylation sites (tertiary alicyclic amines) is 1. The summed E-state index contributed by atoms with van der Waals surface area (Å²) in [7, 11) is 0. The van der Waals surface area contributed by atoms with Crippen LogP contribution >= 0.6 is 11.6 Å². The fourth-order valence-corrected chi connectivity index (χ4v) is 3.64. The first-order valence-corrected chi connectivity index (χ1v) is 10.0. The number of carbonyl (C=O) groups excluding carboxylic acids is 1. The molecule has 1 amide bonds. The van der Waals surface area contributed by atoms with Crippen LogP contribution in [-0.2, 0) is 25.6 Å². The van der Waals surface area contributed by atoms with Crippen LogP contribution in [0.15, 0.2) is 24.3 Å².